The predicted molar refractivity (Wildman–Crippen MR) is 100 cm³/mol. The molecule has 2 N–H and O–H groups in total. The molecule has 2 aromatic rings. The molecule has 25 heavy (non-hydrogen) atoms. The van der Waals surface area contributed by atoms with Gasteiger partial charge in [-0.25, -0.2) is 0 Å². The van der Waals surface area contributed by atoms with Gasteiger partial charge in [0.25, 0.3) is 5.91 Å². The quantitative estimate of drug-likeness (QED) is 0.788. The summed E-state index contributed by atoms with van der Waals surface area (Å²) in [5, 5.41) is 3.82. The topological polar surface area (TPSA) is 81.6 Å². The van der Waals surface area contributed by atoms with Crippen molar-refractivity contribution in [3.8, 4) is 5.75 Å². The third-order valence-corrected chi connectivity index (χ3v) is 4.75. The van der Waals surface area contributed by atoms with E-state index < -0.39 is 0 Å². The maximum atomic E-state index is 12.6. The third kappa shape index (κ3) is 4.74. The number of carbonyl (C=O) groups excluding carboxylic acids is 1. The van der Waals surface area contributed by atoms with Gasteiger partial charge in [0.2, 0.25) is 0 Å². The standard InChI is InChI=1S/C17H20BrN3O3.ClH/c1-11-6-14(24-20-11)10-23-16-3-2-13(7-15(16)18)17(22)21-5-4-12(8-19)9-21;/h2-3,6-7,12H,4-5,8-10,19H2,1H3;1H. The molecular formula is C17H21BrClN3O3. The van der Waals surface area contributed by atoms with E-state index >= 15 is 0 Å². The van der Waals surface area contributed by atoms with Crippen LogP contribution in [0.4, 0.5) is 0 Å². The molecule has 1 unspecified atom stereocenters. The Bertz CT molecular complexity index is 738. The number of amides is 1. The molecule has 1 aliphatic rings. The zero-order valence-electron chi connectivity index (χ0n) is 13.9. The normalized spacial score (nSPS) is 16.6. The highest BCUT2D eigenvalue weighted by molar-refractivity contribution is 9.10. The number of carbonyl (C=O) groups is 1. The van der Waals surface area contributed by atoms with Gasteiger partial charge >= 0.3 is 0 Å². The molecule has 1 saturated heterocycles. The van der Waals surface area contributed by atoms with E-state index in [2.05, 4.69) is 21.1 Å². The Morgan fingerprint density at radius 2 is 2.28 bits per heavy atom. The van der Waals surface area contributed by atoms with Crippen molar-refractivity contribution in [2.75, 3.05) is 19.6 Å². The van der Waals surface area contributed by atoms with Crippen molar-refractivity contribution < 1.29 is 14.1 Å². The second-order valence-electron chi connectivity index (χ2n) is 6.01. The summed E-state index contributed by atoms with van der Waals surface area (Å²) in [6.45, 7) is 4.27. The average molecular weight is 431 g/mol. The highest BCUT2D eigenvalue weighted by Crippen LogP contribution is 2.28. The molecule has 3 rings (SSSR count). The van der Waals surface area contributed by atoms with Crippen LogP contribution in [-0.2, 0) is 6.61 Å². The number of nitrogens with zero attached hydrogens (tertiary/aromatic N) is 2. The van der Waals surface area contributed by atoms with E-state index in [1.165, 1.54) is 0 Å². The Labute approximate surface area is 161 Å². The summed E-state index contributed by atoms with van der Waals surface area (Å²) >= 11 is 3.47. The Morgan fingerprint density at radius 1 is 1.48 bits per heavy atom. The van der Waals surface area contributed by atoms with Crippen LogP contribution in [0.5, 0.6) is 5.75 Å². The predicted octanol–water partition coefficient (Wildman–Crippen LogP) is 3.17. The maximum absolute atomic E-state index is 12.6. The lowest BCUT2D eigenvalue weighted by molar-refractivity contribution is 0.0787. The minimum atomic E-state index is 0. The second-order valence-corrected chi connectivity index (χ2v) is 6.86. The van der Waals surface area contributed by atoms with Crippen LogP contribution in [0.3, 0.4) is 0 Å². The SMILES string of the molecule is Cc1cc(COc2ccc(C(=O)N3CCC(CN)C3)cc2Br)on1.Cl. The summed E-state index contributed by atoms with van der Waals surface area (Å²) in [4.78, 5) is 14.4. The summed E-state index contributed by atoms with van der Waals surface area (Å²) < 4.78 is 11.6. The number of aromatic nitrogens is 1. The molecule has 8 heteroatoms. The van der Waals surface area contributed by atoms with Crippen molar-refractivity contribution in [2.45, 2.75) is 20.0 Å². The van der Waals surface area contributed by atoms with Crippen molar-refractivity contribution in [3.63, 3.8) is 0 Å². The summed E-state index contributed by atoms with van der Waals surface area (Å²) in [6.07, 6.45) is 0.973. The third-order valence-electron chi connectivity index (χ3n) is 4.13. The van der Waals surface area contributed by atoms with E-state index in [4.69, 9.17) is 15.0 Å². The molecule has 0 spiro atoms. The van der Waals surface area contributed by atoms with Gasteiger partial charge in [0.05, 0.1) is 10.2 Å². The molecule has 0 saturated carbocycles. The van der Waals surface area contributed by atoms with Gasteiger partial charge in [-0.3, -0.25) is 4.79 Å². The lowest BCUT2D eigenvalue weighted by atomic mass is 10.1. The first kappa shape index (κ1) is 19.8. The minimum Gasteiger partial charge on any atom is -0.484 e. The monoisotopic (exact) mass is 429 g/mol. The lowest BCUT2D eigenvalue weighted by Gasteiger charge is -2.17. The van der Waals surface area contributed by atoms with Gasteiger partial charge in [-0.1, -0.05) is 5.16 Å². The van der Waals surface area contributed by atoms with Crippen LogP contribution in [0.1, 0.15) is 28.2 Å². The largest absolute Gasteiger partial charge is 0.484 e. The van der Waals surface area contributed by atoms with Crippen molar-refractivity contribution >= 4 is 34.2 Å². The van der Waals surface area contributed by atoms with E-state index in [9.17, 15) is 4.79 Å². The van der Waals surface area contributed by atoms with Crippen molar-refractivity contribution in [1.82, 2.24) is 10.1 Å². The number of hydrogen-bond acceptors (Lipinski definition) is 5. The van der Waals surface area contributed by atoms with Crippen LogP contribution in [0.15, 0.2) is 33.3 Å². The second kappa shape index (κ2) is 8.69. The molecule has 1 atom stereocenters. The molecule has 136 valence electrons. The lowest BCUT2D eigenvalue weighted by Crippen LogP contribution is -2.29. The van der Waals surface area contributed by atoms with Crippen LogP contribution in [0.2, 0.25) is 0 Å². The van der Waals surface area contributed by atoms with Crippen LogP contribution in [0.25, 0.3) is 0 Å². The molecule has 0 aliphatic carbocycles. The first-order chi connectivity index (χ1) is 11.6. The van der Waals surface area contributed by atoms with E-state index in [1.807, 2.05) is 17.9 Å². The number of halogens is 2. The Morgan fingerprint density at radius 3 is 2.88 bits per heavy atom. The van der Waals surface area contributed by atoms with Crippen LogP contribution >= 0.6 is 28.3 Å². The molecule has 1 fully saturated rings. The zero-order chi connectivity index (χ0) is 17.1. The maximum Gasteiger partial charge on any atom is 0.253 e. The molecule has 0 radical (unpaired) electrons. The molecule has 1 aromatic heterocycles. The number of rotatable bonds is 5. The number of nitrogens with two attached hydrogens (primary N) is 1. The van der Waals surface area contributed by atoms with Gasteiger partial charge in [-0.05, 0) is 59.9 Å². The molecule has 1 amide bonds. The van der Waals surface area contributed by atoms with Crippen LogP contribution in [0, 0.1) is 12.8 Å². The highest BCUT2D eigenvalue weighted by Gasteiger charge is 2.26. The summed E-state index contributed by atoms with van der Waals surface area (Å²) in [7, 11) is 0. The van der Waals surface area contributed by atoms with Gasteiger partial charge in [0.15, 0.2) is 5.76 Å². The molecule has 1 aromatic carbocycles. The Hall–Kier alpha value is -1.57. The van der Waals surface area contributed by atoms with Gasteiger partial charge in [0.1, 0.15) is 12.4 Å². The molecular weight excluding hydrogens is 410 g/mol. The van der Waals surface area contributed by atoms with Crippen LogP contribution < -0.4 is 10.5 Å². The first-order valence-electron chi connectivity index (χ1n) is 7.90. The average Bonchev–Trinajstić information content (AvgIpc) is 3.21. The Balaban J connectivity index is 0.00000225. The van der Waals surface area contributed by atoms with E-state index in [0.717, 1.165) is 29.7 Å². The van der Waals surface area contributed by atoms with Crippen molar-refractivity contribution in [2.24, 2.45) is 11.7 Å². The Kier molecular flexibility index (Phi) is 6.87. The summed E-state index contributed by atoms with van der Waals surface area (Å²) in [5.41, 5.74) is 7.14. The van der Waals surface area contributed by atoms with E-state index in [0.29, 0.717) is 29.5 Å². The van der Waals surface area contributed by atoms with Crippen LogP contribution in [-0.4, -0.2) is 35.6 Å². The first-order valence-corrected chi connectivity index (χ1v) is 8.70. The fourth-order valence-electron chi connectivity index (χ4n) is 2.78. The van der Waals surface area contributed by atoms with Crippen molar-refractivity contribution in [3.05, 3.63) is 45.8 Å². The highest BCUT2D eigenvalue weighted by atomic mass is 79.9. The number of benzene rings is 1. The number of aryl methyl sites for hydroxylation is 1. The van der Waals surface area contributed by atoms with E-state index in [1.54, 1.807) is 18.2 Å². The molecule has 1 aliphatic heterocycles. The van der Waals surface area contributed by atoms with Gasteiger partial charge in [0, 0.05) is 24.7 Å². The van der Waals surface area contributed by atoms with Gasteiger partial charge < -0.3 is 19.9 Å². The smallest absolute Gasteiger partial charge is 0.253 e. The number of likely N-dealkylation sites (tertiary alicyclic amines) is 1. The zero-order valence-corrected chi connectivity index (χ0v) is 16.3. The number of ether oxygens (including phenoxy) is 1. The van der Waals surface area contributed by atoms with Gasteiger partial charge in [-0.2, -0.15) is 0 Å². The molecule has 0 bridgehead atoms. The summed E-state index contributed by atoms with van der Waals surface area (Å²) in [5.74, 6) is 1.75. The van der Waals surface area contributed by atoms with E-state index in [-0.39, 0.29) is 24.9 Å². The molecule has 6 nitrogen and oxygen atoms in total. The summed E-state index contributed by atoms with van der Waals surface area (Å²) in [6, 6.07) is 7.19. The fourth-order valence-corrected chi connectivity index (χ4v) is 3.27. The molecule has 2 heterocycles. The minimum absolute atomic E-state index is 0. The number of hydrogen-bond donors (Lipinski definition) is 1. The van der Waals surface area contributed by atoms with Gasteiger partial charge in [-0.15, -0.1) is 12.4 Å². The van der Waals surface area contributed by atoms with Crippen molar-refractivity contribution in [1.29, 1.82) is 0 Å². The fraction of sp³-hybridized carbons (Fsp3) is 0.412.